The normalized spacial score (nSPS) is 35.8. The maximum atomic E-state index is 5.95. The molecular weight excluding hydrogens is 232 g/mol. The largest absolute Gasteiger partial charge is 0.371 e. The van der Waals surface area contributed by atoms with Crippen molar-refractivity contribution in [3.05, 3.63) is 35.4 Å². The van der Waals surface area contributed by atoms with Crippen LogP contribution in [-0.2, 0) is 18.9 Å². The molecule has 0 saturated carbocycles. The van der Waals surface area contributed by atoms with Gasteiger partial charge in [-0.25, -0.2) is 0 Å². The van der Waals surface area contributed by atoms with Crippen molar-refractivity contribution in [3.8, 4) is 0 Å². The van der Waals surface area contributed by atoms with Gasteiger partial charge in [0.05, 0.1) is 26.4 Å². The molecule has 18 heavy (non-hydrogen) atoms. The third-order valence-electron chi connectivity index (χ3n) is 3.57. The number of rotatable bonds is 6. The van der Waals surface area contributed by atoms with E-state index in [1.807, 2.05) is 0 Å². The molecule has 1 aliphatic carbocycles. The molecule has 0 radical (unpaired) electrons. The van der Waals surface area contributed by atoms with Gasteiger partial charge in [-0.3, -0.25) is 0 Å². The topological polar surface area (TPSA) is 43.5 Å². The lowest BCUT2D eigenvalue weighted by atomic mass is 10.1. The number of hydrogen-bond acceptors (Lipinski definition) is 4. The molecule has 4 heteroatoms. The van der Waals surface area contributed by atoms with Gasteiger partial charge in [0.2, 0.25) is 0 Å². The molecule has 2 bridgehead atoms. The molecule has 2 aliphatic heterocycles. The first kappa shape index (κ1) is 10.9. The van der Waals surface area contributed by atoms with Crippen molar-refractivity contribution >= 4 is 0 Å². The minimum atomic E-state index is 0.0120. The number of fused-ring (bicyclic) bond motifs is 2. The van der Waals surface area contributed by atoms with E-state index in [4.69, 9.17) is 18.9 Å². The van der Waals surface area contributed by atoms with Crippen LogP contribution >= 0.6 is 0 Å². The third-order valence-corrected chi connectivity index (χ3v) is 3.57. The van der Waals surface area contributed by atoms with Crippen molar-refractivity contribution in [2.24, 2.45) is 0 Å². The summed E-state index contributed by atoms with van der Waals surface area (Å²) in [4.78, 5) is 0. The first-order chi connectivity index (χ1) is 8.90. The van der Waals surface area contributed by atoms with E-state index in [0.717, 1.165) is 13.2 Å². The van der Waals surface area contributed by atoms with Crippen LogP contribution in [0.25, 0.3) is 0 Å². The molecule has 0 N–H and O–H groups in total. The van der Waals surface area contributed by atoms with E-state index in [0.29, 0.717) is 13.2 Å². The van der Waals surface area contributed by atoms with Gasteiger partial charge in [0.15, 0.2) is 0 Å². The van der Waals surface area contributed by atoms with Gasteiger partial charge in [0.25, 0.3) is 0 Å². The standard InChI is InChI=1S/C14H16O4/c1-2-9-4-10(3-1)14(18-8-12-6-16-12)13(9)17-7-11-5-15-11/h1-4,11-14H,5-8H2. The molecule has 96 valence electrons. The van der Waals surface area contributed by atoms with Crippen LogP contribution < -0.4 is 0 Å². The zero-order valence-corrected chi connectivity index (χ0v) is 10.1. The average Bonchev–Trinajstić information content (AvgIpc) is 3.26. The minimum Gasteiger partial charge on any atom is -0.371 e. The van der Waals surface area contributed by atoms with Crippen LogP contribution in [0.4, 0.5) is 0 Å². The Morgan fingerprint density at radius 2 is 1.44 bits per heavy atom. The van der Waals surface area contributed by atoms with Crippen molar-refractivity contribution < 1.29 is 18.9 Å². The Bertz CT molecular complexity index is 402. The number of ether oxygens (including phenoxy) is 4. The van der Waals surface area contributed by atoms with Crippen LogP contribution in [0.2, 0.25) is 0 Å². The molecule has 1 aromatic carbocycles. The first-order valence-electron chi connectivity index (χ1n) is 6.46. The highest BCUT2D eigenvalue weighted by Crippen LogP contribution is 2.42. The maximum Gasteiger partial charge on any atom is 0.113 e. The van der Waals surface area contributed by atoms with Crippen LogP contribution in [0, 0.1) is 0 Å². The summed E-state index contributed by atoms with van der Waals surface area (Å²) in [5, 5.41) is 0. The fraction of sp³-hybridized carbons (Fsp3) is 0.571. The van der Waals surface area contributed by atoms with E-state index < -0.39 is 0 Å². The Morgan fingerprint density at radius 3 is 1.89 bits per heavy atom. The Labute approximate surface area is 106 Å². The smallest absolute Gasteiger partial charge is 0.113 e. The number of epoxide rings is 2. The van der Waals surface area contributed by atoms with Gasteiger partial charge < -0.3 is 18.9 Å². The van der Waals surface area contributed by atoms with E-state index in [-0.39, 0.29) is 24.4 Å². The Balaban J connectivity index is 1.45. The van der Waals surface area contributed by atoms with Gasteiger partial charge in [0, 0.05) is 0 Å². The summed E-state index contributed by atoms with van der Waals surface area (Å²) in [7, 11) is 0. The molecule has 2 saturated heterocycles. The predicted molar refractivity (Wildman–Crippen MR) is 63.3 cm³/mol. The maximum absolute atomic E-state index is 5.95. The Kier molecular flexibility index (Phi) is 2.62. The molecule has 0 spiro atoms. The summed E-state index contributed by atoms with van der Waals surface area (Å²) in [5.74, 6) is 0. The van der Waals surface area contributed by atoms with Crippen molar-refractivity contribution in [2.45, 2.75) is 24.4 Å². The molecule has 3 aliphatic rings. The van der Waals surface area contributed by atoms with Gasteiger partial charge in [-0.2, -0.15) is 0 Å². The van der Waals surface area contributed by atoms with Crippen LogP contribution in [0.15, 0.2) is 24.3 Å². The fourth-order valence-electron chi connectivity index (χ4n) is 2.38. The number of hydrogen-bond donors (Lipinski definition) is 0. The second kappa shape index (κ2) is 4.31. The molecular formula is C14H16O4. The summed E-state index contributed by atoms with van der Waals surface area (Å²) in [5.41, 5.74) is 2.41. The first-order valence-corrected chi connectivity index (χ1v) is 6.46. The molecule has 4 nitrogen and oxygen atoms in total. The lowest BCUT2D eigenvalue weighted by molar-refractivity contribution is -0.0779. The van der Waals surface area contributed by atoms with Gasteiger partial charge in [-0.05, 0) is 11.1 Å². The number of benzene rings is 1. The van der Waals surface area contributed by atoms with Crippen LogP contribution in [0.5, 0.6) is 0 Å². The quantitative estimate of drug-likeness (QED) is 0.717. The third kappa shape index (κ3) is 2.17. The van der Waals surface area contributed by atoms with E-state index in [1.54, 1.807) is 0 Å². The highest BCUT2D eigenvalue weighted by molar-refractivity contribution is 5.35. The van der Waals surface area contributed by atoms with Crippen molar-refractivity contribution in [2.75, 3.05) is 26.4 Å². The molecule has 4 atom stereocenters. The van der Waals surface area contributed by atoms with Crippen molar-refractivity contribution in [1.29, 1.82) is 0 Å². The van der Waals surface area contributed by atoms with Crippen LogP contribution in [-0.4, -0.2) is 38.6 Å². The van der Waals surface area contributed by atoms with E-state index >= 15 is 0 Å². The van der Waals surface area contributed by atoms with Gasteiger partial charge >= 0.3 is 0 Å². The summed E-state index contributed by atoms with van der Waals surface area (Å²) in [6.45, 7) is 2.96. The van der Waals surface area contributed by atoms with E-state index in [2.05, 4.69) is 24.3 Å². The summed E-state index contributed by atoms with van der Waals surface area (Å²) in [6.07, 6.45) is 0.601. The van der Waals surface area contributed by atoms with E-state index in [9.17, 15) is 0 Å². The highest BCUT2D eigenvalue weighted by Gasteiger charge is 2.36. The lowest BCUT2D eigenvalue weighted by Crippen LogP contribution is -2.17. The molecule has 4 rings (SSSR count). The van der Waals surface area contributed by atoms with Crippen molar-refractivity contribution in [3.63, 3.8) is 0 Å². The van der Waals surface area contributed by atoms with Gasteiger partial charge in [-0.1, -0.05) is 24.3 Å². The van der Waals surface area contributed by atoms with Crippen LogP contribution in [0.1, 0.15) is 23.3 Å². The highest BCUT2D eigenvalue weighted by atomic mass is 16.6. The fourth-order valence-corrected chi connectivity index (χ4v) is 2.38. The zero-order valence-electron chi connectivity index (χ0n) is 10.1. The predicted octanol–water partition coefficient (Wildman–Crippen LogP) is 1.61. The summed E-state index contributed by atoms with van der Waals surface area (Å²) >= 11 is 0. The molecule has 4 unspecified atom stereocenters. The van der Waals surface area contributed by atoms with Gasteiger partial charge in [-0.15, -0.1) is 0 Å². The SMILES string of the molecule is c1cc2cc(c1)C(OCC1CO1)C2OCC1CO1. The summed E-state index contributed by atoms with van der Waals surface area (Å²) < 4.78 is 22.3. The molecule has 0 aromatic heterocycles. The summed E-state index contributed by atoms with van der Waals surface area (Å²) in [6, 6.07) is 8.42. The molecule has 0 amide bonds. The van der Waals surface area contributed by atoms with Gasteiger partial charge in [0.1, 0.15) is 24.4 Å². The zero-order chi connectivity index (χ0) is 11.9. The monoisotopic (exact) mass is 248 g/mol. The average molecular weight is 248 g/mol. The van der Waals surface area contributed by atoms with Crippen LogP contribution in [0.3, 0.4) is 0 Å². The molecule has 1 aromatic rings. The minimum absolute atomic E-state index is 0.0120. The second-order valence-electron chi connectivity index (χ2n) is 5.09. The van der Waals surface area contributed by atoms with Crippen molar-refractivity contribution in [1.82, 2.24) is 0 Å². The van der Waals surface area contributed by atoms with E-state index in [1.165, 1.54) is 11.1 Å². The molecule has 2 fully saturated rings. The Hall–Kier alpha value is -0.940. The molecule has 2 heterocycles. The Morgan fingerprint density at radius 1 is 0.944 bits per heavy atom. The lowest BCUT2D eigenvalue weighted by Gasteiger charge is -2.21. The second-order valence-corrected chi connectivity index (χ2v) is 5.09.